The lowest BCUT2D eigenvalue weighted by molar-refractivity contribution is -0.129. The quantitative estimate of drug-likeness (QED) is 0.762. The Balaban J connectivity index is 1.83. The fraction of sp³-hybridized carbons (Fsp3) is 0.474. The molecule has 2 aliphatic rings. The number of nitrogens with one attached hydrogen (secondary N) is 2. The second-order valence-electron chi connectivity index (χ2n) is 6.67. The third kappa shape index (κ3) is 3.60. The van der Waals surface area contributed by atoms with Crippen LogP contribution >= 0.6 is 0 Å². The van der Waals surface area contributed by atoms with Gasteiger partial charge in [-0.15, -0.1) is 6.58 Å². The molecule has 0 saturated carbocycles. The molecule has 2 fully saturated rings. The predicted molar refractivity (Wildman–Crippen MR) is 97.8 cm³/mol. The third-order valence-corrected chi connectivity index (χ3v) is 4.90. The van der Waals surface area contributed by atoms with Crippen molar-refractivity contribution in [2.45, 2.75) is 19.4 Å². The predicted octanol–water partition coefficient (Wildman–Crippen LogP) is 1.17. The number of amides is 2. The van der Waals surface area contributed by atoms with Crippen LogP contribution in [0.5, 0.6) is 0 Å². The van der Waals surface area contributed by atoms with Gasteiger partial charge in [-0.1, -0.05) is 31.2 Å². The van der Waals surface area contributed by atoms with Crippen LogP contribution in [0.1, 0.15) is 13.3 Å². The highest BCUT2D eigenvalue weighted by molar-refractivity contribution is 5.98. The highest BCUT2D eigenvalue weighted by atomic mass is 16.2. The first-order valence-corrected chi connectivity index (χ1v) is 8.91. The van der Waals surface area contributed by atoms with Gasteiger partial charge >= 0.3 is 0 Å². The molecule has 2 N–H and O–H groups in total. The maximum atomic E-state index is 13.0. The monoisotopic (exact) mass is 342 g/mol. The fourth-order valence-electron chi connectivity index (χ4n) is 3.76. The second-order valence-corrected chi connectivity index (χ2v) is 6.67. The Morgan fingerprint density at radius 2 is 2.12 bits per heavy atom. The molecule has 3 unspecified atom stereocenters. The zero-order valence-electron chi connectivity index (χ0n) is 14.6. The molecule has 2 heterocycles. The minimum absolute atomic E-state index is 0.0223. The lowest BCUT2D eigenvalue weighted by Gasteiger charge is -2.38. The van der Waals surface area contributed by atoms with E-state index in [1.165, 1.54) is 0 Å². The highest BCUT2D eigenvalue weighted by Crippen LogP contribution is 2.31. The first-order chi connectivity index (χ1) is 12.2. The number of hydrogen-bond donors (Lipinski definition) is 2. The molecule has 2 saturated heterocycles. The van der Waals surface area contributed by atoms with Gasteiger partial charge in [-0.2, -0.15) is 0 Å². The molecule has 3 atom stereocenters. The summed E-state index contributed by atoms with van der Waals surface area (Å²) in [6.07, 6.45) is 2.67. The van der Waals surface area contributed by atoms with Gasteiger partial charge in [0.2, 0.25) is 11.8 Å². The van der Waals surface area contributed by atoms with Crippen molar-refractivity contribution in [3.8, 4) is 0 Å². The van der Waals surface area contributed by atoms with Gasteiger partial charge in [0.25, 0.3) is 0 Å². The zero-order chi connectivity index (χ0) is 17.8. The first-order valence-electron chi connectivity index (χ1n) is 8.91. The van der Waals surface area contributed by atoms with Crippen molar-refractivity contribution < 1.29 is 9.59 Å². The molecule has 6 nitrogen and oxygen atoms in total. The summed E-state index contributed by atoms with van der Waals surface area (Å²) in [4.78, 5) is 27.8. The number of para-hydroxylation sites is 1. The molecule has 0 aliphatic carbocycles. The van der Waals surface area contributed by atoms with Crippen molar-refractivity contribution in [3.63, 3.8) is 0 Å². The summed E-state index contributed by atoms with van der Waals surface area (Å²) in [7, 11) is 0. The smallest absolute Gasteiger partial charge is 0.247 e. The van der Waals surface area contributed by atoms with Crippen molar-refractivity contribution >= 4 is 17.5 Å². The lowest BCUT2D eigenvalue weighted by atomic mass is 9.84. The highest BCUT2D eigenvalue weighted by Gasteiger charge is 2.50. The van der Waals surface area contributed by atoms with Crippen LogP contribution in [0.3, 0.4) is 0 Å². The number of piperidine rings is 1. The van der Waals surface area contributed by atoms with E-state index in [1.54, 1.807) is 11.1 Å². The molecule has 1 aromatic rings. The van der Waals surface area contributed by atoms with Crippen molar-refractivity contribution in [1.29, 1.82) is 0 Å². The van der Waals surface area contributed by atoms with E-state index >= 15 is 0 Å². The molecule has 0 bridgehead atoms. The largest absolute Gasteiger partial charge is 0.352 e. The van der Waals surface area contributed by atoms with Crippen molar-refractivity contribution in [2.75, 3.05) is 31.2 Å². The van der Waals surface area contributed by atoms with Gasteiger partial charge in [-0.25, -0.2) is 10.4 Å². The van der Waals surface area contributed by atoms with Crippen LogP contribution in [0.2, 0.25) is 0 Å². The third-order valence-electron chi connectivity index (χ3n) is 4.90. The van der Waals surface area contributed by atoms with Crippen LogP contribution in [0.15, 0.2) is 43.0 Å². The van der Waals surface area contributed by atoms with Gasteiger partial charge in [0, 0.05) is 19.6 Å². The molecule has 25 heavy (non-hydrogen) atoms. The van der Waals surface area contributed by atoms with Crippen molar-refractivity contribution in [1.82, 2.24) is 15.6 Å². The van der Waals surface area contributed by atoms with E-state index in [2.05, 4.69) is 29.1 Å². The molecule has 0 radical (unpaired) electrons. The lowest BCUT2D eigenvalue weighted by Crippen LogP contribution is -2.57. The van der Waals surface area contributed by atoms with E-state index in [-0.39, 0.29) is 29.7 Å². The number of likely N-dealkylation sites (tertiary alicyclic amines) is 1. The number of carbonyl (C=O) groups is 2. The Kier molecular flexibility index (Phi) is 5.50. The van der Waals surface area contributed by atoms with Gasteiger partial charge in [-0.3, -0.25) is 9.59 Å². The van der Waals surface area contributed by atoms with Gasteiger partial charge in [0.1, 0.15) is 0 Å². The molecular formula is C19H26N4O2. The number of anilines is 1. The van der Waals surface area contributed by atoms with Crippen LogP contribution in [0, 0.1) is 11.8 Å². The summed E-state index contributed by atoms with van der Waals surface area (Å²) >= 11 is 0. The van der Waals surface area contributed by atoms with E-state index in [1.807, 2.05) is 30.3 Å². The van der Waals surface area contributed by atoms with E-state index < -0.39 is 0 Å². The summed E-state index contributed by atoms with van der Waals surface area (Å²) in [6.45, 7) is 8.46. The van der Waals surface area contributed by atoms with E-state index in [4.69, 9.17) is 0 Å². The number of hydrogen-bond acceptors (Lipinski definition) is 4. The molecule has 0 spiro atoms. The standard InChI is InChI=1S/C19H26N4O2/c1-3-10-20-18(24)15-12-22(11-4-2)13-16-17(15)21-23(19(16)25)14-8-6-5-7-9-14/h3,5-9,15-17,21H,1,4,10-13H2,2H3,(H,20,24). The van der Waals surface area contributed by atoms with E-state index in [0.29, 0.717) is 19.6 Å². The van der Waals surface area contributed by atoms with E-state index in [0.717, 1.165) is 18.7 Å². The number of nitrogens with zero attached hydrogens (tertiary/aromatic N) is 2. The Morgan fingerprint density at radius 3 is 2.80 bits per heavy atom. The van der Waals surface area contributed by atoms with Crippen LogP contribution in [-0.4, -0.2) is 48.9 Å². The second kappa shape index (κ2) is 7.80. The van der Waals surface area contributed by atoms with Crippen molar-refractivity contribution in [2.24, 2.45) is 11.8 Å². The topological polar surface area (TPSA) is 64.7 Å². The summed E-state index contributed by atoms with van der Waals surface area (Å²) < 4.78 is 0. The first kappa shape index (κ1) is 17.6. The molecular weight excluding hydrogens is 316 g/mol. The average Bonchev–Trinajstić information content (AvgIpc) is 2.97. The van der Waals surface area contributed by atoms with Gasteiger partial charge < -0.3 is 10.2 Å². The van der Waals surface area contributed by atoms with Crippen LogP contribution in [0.4, 0.5) is 5.69 Å². The summed E-state index contributed by atoms with van der Waals surface area (Å²) in [6, 6.07) is 9.36. The van der Waals surface area contributed by atoms with Crippen LogP contribution in [-0.2, 0) is 9.59 Å². The SMILES string of the molecule is C=CCNC(=O)C1CN(CCC)CC2C(=O)N(c3ccccc3)NC12. The van der Waals surface area contributed by atoms with Gasteiger partial charge in [0.15, 0.2) is 0 Å². The Hall–Kier alpha value is -2.18. The minimum Gasteiger partial charge on any atom is -0.352 e. The van der Waals surface area contributed by atoms with Crippen LogP contribution in [0.25, 0.3) is 0 Å². The molecule has 0 aromatic heterocycles. The van der Waals surface area contributed by atoms with Crippen molar-refractivity contribution in [3.05, 3.63) is 43.0 Å². The van der Waals surface area contributed by atoms with E-state index in [9.17, 15) is 9.59 Å². The normalized spacial score (nSPS) is 26.4. The number of rotatable bonds is 6. The number of hydrazine groups is 1. The Bertz CT molecular complexity index is 634. The maximum Gasteiger partial charge on any atom is 0.247 e. The molecule has 6 heteroatoms. The number of carbonyl (C=O) groups excluding carboxylic acids is 2. The maximum absolute atomic E-state index is 13.0. The van der Waals surface area contributed by atoms with Crippen LogP contribution < -0.4 is 15.8 Å². The molecule has 134 valence electrons. The fourth-order valence-corrected chi connectivity index (χ4v) is 3.76. The summed E-state index contributed by atoms with van der Waals surface area (Å²) in [5.74, 6) is -0.452. The molecule has 2 amide bonds. The van der Waals surface area contributed by atoms with Gasteiger partial charge in [-0.05, 0) is 25.1 Å². The average molecular weight is 342 g/mol. The summed E-state index contributed by atoms with van der Waals surface area (Å²) in [5, 5.41) is 4.50. The zero-order valence-corrected chi connectivity index (χ0v) is 14.6. The number of benzene rings is 1. The van der Waals surface area contributed by atoms with Gasteiger partial charge in [0.05, 0.1) is 23.6 Å². The summed E-state index contributed by atoms with van der Waals surface area (Å²) in [5.41, 5.74) is 4.11. The Morgan fingerprint density at radius 1 is 1.36 bits per heavy atom. The molecule has 3 rings (SSSR count). The number of fused-ring (bicyclic) bond motifs is 1. The molecule has 2 aliphatic heterocycles. The Labute approximate surface area is 148 Å². The molecule has 1 aromatic carbocycles. The minimum atomic E-state index is -0.261.